The molecule has 0 aromatic heterocycles. The van der Waals surface area contributed by atoms with Crippen LogP contribution in [0, 0.1) is 11.8 Å². The van der Waals surface area contributed by atoms with Crippen LogP contribution in [-0.4, -0.2) is 6.71 Å². The van der Waals surface area contributed by atoms with Gasteiger partial charge in [0.25, 0.3) is 0 Å². The number of anilines is 3. The fourth-order valence-electron chi connectivity index (χ4n) is 9.28. The Morgan fingerprint density at radius 2 is 1.13 bits per heavy atom. The summed E-state index contributed by atoms with van der Waals surface area (Å²) in [6.07, 6.45) is 3.51. The first-order valence-corrected chi connectivity index (χ1v) is 21.8. The van der Waals surface area contributed by atoms with Gasteiger partial charge >= 0.3 is 0 Å². The summed E-state index contributed by atoms with van der Waals surface area (Å²) in [5.74, 6) is 0.888. The van der Waals surface area contributed by atoms with Crippen LogP contribution in [0.4, 0.5) is 17.1 Å². The molecular formula is C52H54BNS. The summed E-state index contributed by atoms with van der Waals surface area (Å²) in [5, 5.41) is 0. The standard InChI is InChI=1S/C52H54BNS/c1-9-45(42(37(4)5)34-38(6)36(2)3)53-46-28-18-21-31-50(46)55(40-22-12-10-13-23-40,41-24-14-11-15-25-41)51-35-39(32-33-47(51)53)54-48-29-19-16-26-43(48)52(7,8)44-27-17-20-30-49(44)54/h10-37H,9H2,1-8H3/b38-34+,45-42-. The van der Waals surface area contributed by atoms with E-state index in [1.807, 2.05) is 0 Å². The van der Waals surface area contributed by atoms with E-state index in [1.165, 1.54) is 75.3 Å². The van der Waals surface area contributed by atoms with E-state index >= 15 is 0 Å². The number of hydrogen-bond donors (Lipinski definition) is 0. The second kappa shape index (κ2) is 14.6. The van der Waals surface area contributed by atoms with E-state index in [9.17, 15) is 0 Å². The first kappa shape index (κ1) is 37.0. The number of hydrogen-bond acceptors (Lipinski definition) is 1. The first-order valence-electron chi connectivity index (χ1n) is 20.2. The molecule has 0 amide bonds. The van der Waals surface area contributed by atoms with Crippen molar-refractivity contribution in [3.8, 4) is 0 Å². The summed E-state index contributed by atoms with van der Waals surface area (Å²) in [5.41, 5.74) is 13.6. The van der Waals surface area contributed by atoms with Crippen molar-refractivity contribution >= 4 is 44.7 Å². The van der Waals surface area contributed by atoms with E-state index in [-0.39, 0.29) is 12.1 Å². The number of rotatable bonds is 8. The Labute approximate surface area is 332 Å². The molecule has 0 saturated heterocycles. The monoisotopic (exact) mass is 735 g/mol. The van der Waals surface area contributed by atoms with Crippen LogP contribution >= 0.6 is 10.0 Å². The number of benzene rings is 6. The molecule has 0 fully saturated rings. The zero-order valence-electron chi connectivity index (χ0n) is 33.8. The maximum absolute atomic E-state index is 2.59. The second-order valence-electron chi connectivity index (χ2n) is 16.5. The van der Waals surface area contributed by atoms with E-state index in [0.717, 1.165) is 6.42 Å². The van der Waals surface area contributed by atoms with Gasteiger partial charge in [0.15, 0.2) is 0 Å². The zero-order valence-corrected chi connectivity index (χ0v) is 34.6. The minimum atomic E-state index is -1.93. The van der Waals surface area contributed by atoms with Crippen molar-refractivity contribution < 1.29 is 0 Å². The van der Waals surface area contributed by atoms with Crippen LogP contribution in [0.5, 0.6) is 0 Å². The number of allylic oxidation sites excluding steroid dienone is 4. The van der Waals surface area contributed by atoms with Crippen LogP contribution in [0.3, 0.4) is 0 Å². The summed E-state index contributed by atoms with van der Waals surface area (Å²) >= 11 is 0. The summed E-state index contributed by atoms with van der Waals surface area (Å²) in [6.45, 7) is 19.0. The molecule has 2 heterocycles. The van der Waals surface area contributed by atoms with Crippen molar-refractivity contribution in [2.45, 2.75) is 86.8 Å². The third-order valence-electron chi connectivity index (χ3n) is 12.3. The normalized spacial score (nSPS) is 16.5. The predicted octanol–water partition coefficient (Wildman–Crippen LogP) is 13.6. The number of para-hydroxylation sites is 2. The second-order valence-corrected chi connectivity index (χ2v) is 19.5. The van der Waals surface area contributed by atoms with Crippen molar-refractivity contribution in [2.24, 2.45) is 11.8 Å². The van der Waals surface area contributed by atoms with E-state index in [2.05, 4.69) is 218 Å². The molecule has 276 valence electrons. The fourth-order valence-corrected chi connectivity index (χ4v) is 13.6. The Morgan fingerprint density at radius 3 is 1.67 bits per heavy atom. The zero-order chi connectivity index (χ0) is 38.5. The van der Waals surface area contributed by atoms with Crippen molar-refractivity contribution in [2.75, 3.05) is 4.90 Å². The molecule has 3 heteroatoms. The van der Waals surface area contributed by atoms with E-state index < -0.39 is 10.0 Å². The van der Waals surface area contributed by atoms with Crippen LogP contribution in [0.1, 0.15) is 72.9 Å². The smallest absolute Gasteiger partial charge is 0.240 e. The summed E-state index contributed by atoms with van der Waals surface area (Å²) in [4.78, 5) is 8.16. The molecule has 0 atom stereocenters. The molecule has 55 heavy (non-hydrogen) atoms. The molecule has 2 aliphatic heterocycles. The van der Waals surface area contributed by atoms with Gasteiger partial charge in [0.1, 0.15) is 0 Å². The Hall–Kier alpha value is -4.99. The van der Waals surface area contributed by atoms with Gasteiger partial charge in [-0.25, -0.2) is 0 Å². The number of fused-ring (bicyclic) bond motifs is 4. The van der Waals surface area contributed by atoms with Gasteiger partial charge in [-0.05, 0) is 101 Å². The van der Waals surface area contributed by atoms with Gasteiger partial charge in [-0.1, -0.05) is 179 Å². The molecular weight excluding hydrogens is 681 g/mol. The lowest BCUT2D eigenvalue weighted by molar-refractivity contribution is 0.632. The fraction of sp³-hybridized carbons (Fsp3) is 0.231. The summed E-state index contributed by atoms with van der Waals surface area (Å²) in [7, 11) is -1.93. The molecule has 0 aliphatic carbocycles. The molecule has 0 unspecified atom stereocenters. The van der Waals surface area contributed by atoms with Crippen LogP contribution < -0.4 is 15.8 Å². The minimum absolute atomic E-state index is 0.124. The average Bonchev–Trinajstić information content (AvgIpc) is 3.21. The largest absolute Gasteiger partial charge is 0.310 e. The van der Waals surface area contributed by atoms with Gasteiger partial charge in [-0.2, -0.15) is 0 Å². The van der Waals surface area contributed by atoms with E-state index in [1.54, 1.807) is 0 Å². The average molecular weight is 736 g/mol. The summed E-state index contributed by atoms with van der Waals surface area (Å²) < 4.78 is 0. The van der Waals surface area contributed by atoms with E-state index in [4.69, 9.17) is 0 Å². The van der Waals surface area contributed by atoms with Crippen molar-refractivity contribution in [3.63, 3.8) is 0 Å². The van der Waals surface area contributed by atoms with Gasteiger partial charge < -0.3 is 4.90 Å². The highest BCUT2D eigenvalue weighted by molar-refractivity contribution is 8.34. The van der Waals surface area contributed by atoms with Crippen molar-refractivity contribution in [1.29, 1.82) is 0 Å². The topological polar surface area (TPSA) is 3.24 Å². The highest BCUT2D eigenvalue weighted by atomic mass is 32.3. The van der Waals surface area contributed by atoms with Crippen LogP contribution in [0.15, 0.2) is 194 Å². The minimum Gasteiger partial charge on any atom is -0.310 e. The molecule has 0 saturated carbocycles. The molecule has 1 nitrogen and oxygen atoms in total. The predicted molar refractivity (Wildman–Crippen MR) is 239 cm³/mol. The van der Waals surface area contributed by atoms with E-state index in [0.29, 0.717) is 11.8 Å². The Kier molecular flexibility index (Phi) is 9.80. The quantitative estimate of drug-likeness (QED) is 0.111. The van der Waals surface area contributed by atoms with Gasteiger partial charge in [0.05, 0.1) is 11.4 Å². The first-order chi connectivity index (χ1) is 26.6. The van der Waals surface area contributed by atoms with Crippen LogP contribution in [0.25, 0.3) is 0 Å². The lowest BCUT2D eigenvalue weighted by Crippen LogP contribution is -2.51. The molecule has 0 spiro atoms. The molecule has 0 N–H and O–H groups in total. The number of nitrogens with zero attached hydrogens (tertiary/aromatic N) is 1. The molecule has 0 bridgehead atoms. The molecule has 2 aliphatic rings. The molecule has 8 rings (SSSR count). The lowest BCUT2D eigenvalue weighted by atomic mass is 9.34. The molecule has 0 radical (unpaired) electrons. The summed E-state index contributed by atoms with van der Waals surface area (Å²) in [6, 6.07) is 57.8. The van der Waals surface area contributed by atoms with Gasteiger partial charge in [0, 0.05) is 20.9 Å². The Morgan fingerprint density at radius 1 is 0.618 bits per heavy atom. The van der Waals surface area contributed by atoms with Crippen LogP contribution in [-0.2, 0) is 5.41 Å². The third-order valence-corrected chi connectivity index (χ3v) is 16.3. The van der Waals surface area contributed by atoms with Gasteiger partial charge in [0.2, 0.25) is 6.71 Å². The Balaban J connectivity index is 1.52. The molecule has 6 aromatic carbocycles. The van der Waals surface area contributed by atoms with Crippen molar-refractivity contribution in [1.82, 2.24) is 0 Å². The van der Waals surface area contributed by atoms with Crippen molar-refractivity contribution in [3.05, 3.63) is 185 Å². The Bertz CT molecular complexity index is 2330. The van der Waals surface area contributed by atoms with Crippen LogP contribution in [0.2, 0.25) is 0 Å². The highest BCUT2D eigenvalue weighted by Gasteiger charge is 2.46. The van der Waals surface area contributed by atoms with Gasteiger partial charge in [-0.3, -0.25) is 0 Å². The molecule has 6 aromatic rings. The SMILES string of the molecule is CC/C(B1c2ccccc2S(c2ccccc2)(c2ccccc2)c2cc(N3c4ccccc4C(C)(C)c4ccccc43)ccc21)=C(\C=C(/C)C(C)C)C(C)C. The lowest BCUT2D eigenvalue weighted by Gasteiger charge is -2.49. The maximum atomic E-state index is 2.59. The highest BCUT2D eigenvalue weighted by Crippen LogP contribution is 2.74. The van der Waals surface area contributed by atoms with Gasteiger partial charge in [-0.15, -0.1) is 10.0 Å². The maximum Gasteiger partial charge on any atom is 0.240 e. The third kappa shape index (κ3) is 5.94.